The Morgan fingerprint density at radius 1 is 0.575 bits per heavy atom. The molecule has 1 aliphatic rings. The largest absolute Gasteiger partial charge is 0.464 e. The molecule has 1 heterocycles. The zero-order chi connectivity index (χ0) is 29.8. The van der Waals surface area contributed by atoms with Gasteiger partial charge in [0.15, 0.2) is 18.3 Å². The standard InChI is InChI=1S/C31H55NO8/c1-6-11-12-13-14-15-16-21-32-22-25(38-27(34)18-8-3)31(40-29(36)20-10-5)30(39-28(35)19-9-4)24(32)23-37-26(33)17-7-2/h24-25,30-31H,6-23H2,1-5H3/t24-,25+,30-,31-/m1/s1. The van der Waals surface area contributed by atoms with Crippen molar-refractivity contribution in [2.45, 2.75) is 155 Å². The molecular formula is C31H55NO8. The summed E-state index contributed by atoms with van der Waals surface area (Å²) in [5.41, 5.74) is 0. The second-order valence-corrected chi connectivity index (χ2v) is 10.8. The summed E-state index contributed by atoms with van der Waals surface area (Å²) in [6.45, 7) is 10.7. The lowest BCUT2D eigenvalue weighted by Crippen LogP contribution is -2.65. The molecule has 0 aromatic rings. The van der Waals surface area contributed by atoms with E-state index in [9.17, 15) is 19.2 Å². The van der Waals surface area contributed by atoms with E-state index >= 15 is 0 Å². The Labute approximate surface area is 242 Å². The summed E-state index contributed by atoms with van der Waals surface area (Å²) in [5.74, 6) is -1.58. The average molecular weight is 570 g/mol. The molecule has 0 aromatic heterocycles. The lowest BCUT2D eigenvalue weighted by molar-refractivity contribution is -0.210. The van der Waals surface area contributed by atoms with Crippen LogP contribution in [0, 0.1) is 0 Å². The molecule has 0 amide bonds. The van der Waals surface area contributed by atoms with Crippen LogP contribution in [-0.4, -0.2) is 72.8 Å². The van der Waals surface area contributed by atoms with Gasteiger partial charge in [-0.15, -0.1) is 0 Å². The van der Waals surface area contributed by atoms with Gasteiger partial charge in [0.2, 0.25) is 0 Å². The van der Waals surface area contributed by atoms with Crippen LogP contribution in [-0.2, 0) is 38.1 Å². The third kappa shape index (κ3) is 14.0. The maximum Gasteiger partial charge on any atom is 0.306 e. The molecule has 1 aliphatic heterocycles. The molecule has 0 aromatic carbocycles. The molecule has 0 N–H and O–H groups in total. The van der Waals surface area contributed by atoms with E-state index in [-0.39, 0.29) is 44.2 Å². The highest BCUT2D eigenvalue weighted by Crippen LogP contribution is 2.29. The molecule has 0 radical (unpaired) electrons. The van der Waals surface area contributed by atoms with Gasteiger partial charge in [0.1, 0.15) is 6.61 Å². The molecule has 0 spiro atoms. The van der Waals surface area contributed by atoms with Crippen molar-refractivity contribution >= 4 is 23.9 Å². The number of unbranched alkanes of at least 4 members (excludes halogenated alkanes) is 6. The van der Waals surface area contributed by atoms with E-state index in [1.165, 1.54) is 25.7 Å². The van der Waals surface area contributed by atoms with Gasteiger partial charge in [-0.05, 0) is 38.6 Å². The van der Waals surface area contributed by atoms with Crippen LogP contribution in [0.5, 0.6) is 0 Å². The molecule has 9 heteroatoms. The van der Waals surface area contributed by atoms with Crippen molar-refractivity contribution < 1.29 is 38.1 Å². The fourth-order valence-corrected chi connectivity index (χ4v) is 4.95. The molecule has 0 aliphatic carbocycles. The second-order valence-electron chi connectivity index (χ2n) is 10.8. The molecule has 232 valence electrons. The minimum atomic E-state index is -0.985. The highest BCUT2D eigenvalue weighted by molar-refractivity contribution is 5.72. The minimum Gasteiger partial charge on any atom is -0.464 e. The molecule has 4 atom stereocenters. The number of likely N-dealkylation sites (tertiary alicyclic amines) is 1. The van der Waals surface area contributed by atoms with Crippen LogP contribution in [0.1, 0.15) is 131 Å². The van der Waals surface area contributed by atoms with Crippen molar-refractivity contribution in [1.29, 1.82) is 0 Å². The van der Waals surface area contributed by atoms with Crippen molar-refractivity contribution in [2.75, 3.05) is 19.7 Å². The monoisotopic (exact) mass is 569 g/mol. The first-order valence-corrected chi connectivity index (χ1v) is 15.8. The van der Waals surface area contributed by atoms with Crippen LogP contribution in [0.2, 0.25) is 0 Å². The number of hydrogen-bond donors (Lipinski definition) is 0. The Bertz CT molecular complexity index is 743. The first-order valence-electron chi connectivity index (χ1n) is 15.8. The highest BCUT2D eigenvalue weighted by Gasteiger charge is 2.50. The van der Waals surface area contributed by atoms with E-state index in [1.807, 2.05) is 27.7 Å². The molecule has 0 saturated carbocycles. The van der Waals surface area contributed by atoms with Crippen molar-refractivity contribution in [1.82, 2.24) is 4.90 Å². The first kappa shape index (κ1) is 35.9. The fourth-order valence-electron chi connectivity index (χ4n) is 4.95. The first-order chi connectivity index (χ1) is 19.3. The van der Waals surface area contributed by atoms with Gasteiger partial charge in [0, 0.05) is 32.2 Å². The number of carbonyl (C=O) groups excluding carboxylic acids is 4. The Kier molecular flexibility index (Phi) is 19.3. The van der Waals surface area contributed by atoms with Crippen LogP contribution in [0.4, 0.5) is 0 Å². The van der Waals surface area contributed by atoms with Gasteiger partial charge in [-0.25, -0.2) is 0 Å². The second kappa shape index (κ2) is 21.6. The van der Waals surface area contributed by atoms with Crippen LogP contribution in [0.3, 0.4) is 0 Å². The van der Waals surface area contributed by atoms with Crippen LogP contribution in [0.25, 0.3) is 0 Å². The highest BCUT2D eigenvalue weighted by atomic mass is 16.6. The summed E-state index contributed by atoms with van der Waals surface area (Å²) in [4.78, 5) is 52.5. The minimum absolute atomic E-state index is 0.00312. The van der Waals surface area contributed by atoms with Gasteiger partial charge in [-0.3, -0.25) is 24.1 Å². The quantitative estimate of drug-likeness (QED) is 0.0948. The summed E-state index contributed by atoms with van der Waals surface area (Å²) in [5, 5.41) is 0. The topological polar surface area (TPSA) is 108 Å². The third-order valence-electron chi connectivity index (χ3n) is 7.05. The van der Waals surface area contributed by atoms with Crippen molar-refractivity contribution in [3.05, 3.63) is 0 Å². The normalized spacial score (nSPS) is 21.0. The van der Waals surface area contributed by atoms with E-state index in [1.54, 1.807) is 0 Å². The number of hydrogen-bond acceptors (Lipinski definition) is 9. The molecule has 1 rings (SSSR count). The van der Waals surface area contributed by atoms with Crippen LogP contribution in [0.15, 0.2) is 0 Å². The fraction of sp³-hybridized carbons (Fsp3) is 0.871. The Morgan fingerprint density at radius 3 is 1.60 bits per heavy atom. The predicted molar refractivity (Wildman–Crippen MR) is 154 cm³/mol. The Morgan fingerprint density at radius 2 is 1.05 bits per heavy atom. The maximum atomic E-state index is 12.8. The number of esters is 4. The average Bonchev–Trinajstić information content (AvgIpc) is 2.90. The molecule has 1 fully saturated rings. The van der Waals surface area contributed by atoms with Gasteiger partial charge in [0.05, 0.1) is 6.04 Å². The molecule has 0 unspecified atom stereocenters. The van der Waals surface area contributed by atoms with E-state index < -0.39 is 36.3 Å². The number of carbonyl (C=O) groups is 4. The molecular weight excluding hydrogens is 514 g/mol. The van der Waals surface area contributed by atoms with Gasteiger partial charge in [0.25, 0.3) is 0 Å². The van der Waals surface area contributed by atoms with E-state index in [4.69, 9.17) is 18.9 Å². The van der Waals surface area contributed by atoms with Crippen molar-refractivity contribution in [3.8, 4) is 0 Å². The summed E-state index contributed by atoms with van der Waals surface area (Å²) in [6.07, 6.45) is 8.60. The summed E-state index contributed by atoms with van der Waals surface area (Å²) >= 11 is 0. The van der Waals surface area contributed by atoms with E-state index in [0.717, 1.165) is 19.3 Å². The zero-order valence-corrected chi connectivity index (χ0v) is 25.8. The predicted octanol–water partition coefficient (Wildman–Crippen LogP) is 5.90. The van der Waals surface area contributed by atoms with Crippen molar-refractivity contribution in [2.24, 2.45) is 0 Å². The summed E-state index contributed by atoms with van der Waals surface area (Å²) in [7, 11) is 0. The molecule has 9 nitrogen and oxygen atoms in total. The zero-order valence-electron chi connectivity index (χ0n) is 25.8. The lowest BCUT2D eigenvalue weighted by Gasteiger charge is -2.47. The van der Waals surface area contributed by atoms with Crippen LogP contribution >= 0.6 is 0 Å². The van der Waals surface area contributed by atoms with Gasteiger partial charge in [-0.2, -0.15) is 0 Å². The molecule has 40 heavy (non-hydrogen) atoms. The number of ether oxygens (including phenoxy) is 4. The van der Waals surface area contributed by atoms with Gasteiger partial charge < -0.3 is 18.9 Å². The smallest absolute Gasteiger partial charge is 0.306 e. The molecule has 0 bridgehead atoms. The number of piperidine rings is 1. The van der Waals surface area contributed by atoms with E-state index in [2.05, 4.69) is 11.8 Å². The van der Waals surface area contributed by atoms with Gasteiger partial charge >= 0.3 is 23.9 Å². The summed E-state index contributed by atoms with van der Waals surface area (Å²) in [6, 6.07) is -0.526. The summed E-state index contributed by atoms with van der Waals surface area (Å²) < 4.78 is 23.3. The molecule has 1 saturated heterocycles. The third-order valence-corrected chi connectivity index (χ3v) is 7.05. The number of nitrogens with zero attached hydrogens (tertiary/aromatic N) is 1. The maximum absolute atomic E-state index is 12.8. The Hall–Kier alpha value is -2.16. The lowest BCUT2D eigenvalue weighted by atomic mass is 9.92. The van der Waals surface area contributed by atoms with E-state index in [0.29, 0.717) is 38.8 Å². The van der Waals surface area contributed by atoms with Gasteiger partial charge in [-0.1, -0.05) is 73.1 Å². The Balaban J connectivity index is 3.29. The number of rotatable bonds is 21. The van der Waals surface area contributed by atoms with Crippen LogP contribution < -0.4 is 0 Å². The van der Waals surface area contributed by atoms with Crippen molar-refractivity contribution in [3.63, 3.8) is 0 Å². The SMILES string of the molecule is CCCCCCCCCN1C[C@H](OC(=O)CCC)[C@@H](OC(=O)CCC)[C@H](OC(=O)CCC)[C@H]1COC(=O)CCC.